The molecule has 0 aromatic heterocycles. The van der Waals surface area contributed by atoms with Crippen LogP contribution in [-0.2, 0) is 14.8 Å². The fourth-order valence-corrected chi connectivity index (χ4v) is 4.73. The van der Waals surface area contributed by atoms with Gasteiger partial charge < -0.3 is 9.64 Å². The fraction of sp³-hybridized carbons (Fsp3) is 0.350. The highest BCUT2D eigenvalue weighted by Gasteiger charge is 2.27. The van der Waals surface area contributed by atoms with Gasteiger partial charge in [-0.05, 0) is 50.6 Å². The number of nitro groups is 1. The number of nitrogens with one attached hydrogen (secondary N) is 1. The van der Waals surface area contributed by atoms with Crippen LogP contribution in [0.4, 0.5) is 11.4 Å². The lowest BCUT2D eigenvalue weighted by molar-refractivity contribution is -0.385. The zero-order valence-corrected chi connectivity index (χ0v) is 17.7. The summed E-state index contributed by atoms with van der Waals surface area (Å²) in [5.41, 5.74) is 0.762. The maximum absolute atomic E-state index is 12.7. The van der Waals surface area contributed by atoms with Gasteiger partial charge in [0.05, 0.1) is 22.0 Å². The van der Waals surface area contributed by atoms with E-state index in [1.165, 1.54) is 24.3 Å². The van der Waals surface area contributed by atoms with E-state index in [9.17, 15) is 23.3 Å². The fourth-order valence-electron chi connectivity index (χ4n) is 3.41. The highest BCUT2D eigenvalue weighted by Crippen LogP contribution is 2.24. The smallest absolute Gasteiger partial charge is 0.270 e. The largest absolute Gasteiger partial charge is 0.372 e. The van der Waals surface area contributed by atoms with Crippen LogP contribution in [0.3, 0.4) is 0 Å². The predicted octanol–water partition coefficient (Wildman–Crippen LogP) is 2.95. The molecule has 10 heteroatoms. The summed E-state index contributed by atoms with van der Waals surface area (Å²) in [5.74, 6) is -0.152. The molecule has 2 aromatic carbocycles. The molecule has 1 saturated heterocycles. The van der Waals surface area contributed by atoms with Crippen molar-refractivity contribution in [3.05, 3.63) is 63.7 Å². The molecule has 0 saturated carbocycles. The van der Waals surface area contributed by atoms with E-state index in [2.05, 4.69) is 4.72 Å². The van der Waals surface area contributed by atoms with E-state index in [1.54, 1.807) is 24.0 Å². The number of anilines is 1. The van der Waals surface area contributed by atoms with Crippen LogP contribution in [-0.4, -0.2) is 49.4 Å². The summed E-state index contributed by atoms with van der Waals surface area (Å²) in [6.07, 6.45) is -0.107. The second-order valence-corrected chi connectivity index (χ2v) is 9.01. The van der Waals surface area contributed by atoms with Crippen molar-refractivity contribution in [1.29, 1.82) is 0 Å². The van der Waals surface area contributed by atoms with Gasteiger partial charge in [0, 0.05) is 36.5 Å². The Balaban J connectivity index is 1.78. The molecule has 1 N–H and O–H groups in total. The van der Waals surface area contributed by atoms with Gasteiger partial charge in [-0.15, -0.1) is 0 Å². The third kappa shape index (κ3) is 4.77. The zero-order chi connectivity index (χ0) is 22.1. The van der Waals surface area contributed by atoms with Gasteiger partial charge in [-0.25, -0.2) is 8.42 Å². The van der Waals surface area contributed by atoms with Crippen molar-refractivity contribution in [1.82, 2.24) is 4.90 Å². The number of nitrogens with zero attached hydrogens (tertiary/aromatic N) is 2. The van der Waals surface area contributed by atoms with Gasteiger partial charge in [-0.1, -0.05) is 6.07 Å². The van der Waals surface area contributed by atoms with Gasteiger partial charge in [0.1, 0.15) is 0 Å². The lowest BCUT2D eigenvalue weighted by Gasteiger charge is -2.35. The van der Waals surface area contributed by atoms with E-state index >= 15 is 0 Å². The van der Waals surface area contributed by atoms with E-state index < -0.39 is 14.9 Å². The van der Waals surface area contributed by atoms with Gasteiger partial charge in [0.15, 0.2) is 0 Å². The molecule has 2 atom stereocenters. The van der Waals surface area contributed by atoms with E-state index in [0.29, 0.717) is 24.2 Å². The van der Waals surface area contributed by atoms with Crippen LogP contribution in [0.25, 0.3) is 0 Å². The Morgan fingerprint density at radius 2 is 1.73 bits per heavy atom. The quantitative estimate of drug-likeness (QED) is 0.572. The van der Waals surface area contributed by atoms with E-state index in [1.807, 2.05) is 13.8 Å². The summed E-state index contributed by atoms with van der Waals surface area (Å²) in [4.78, 5) is 24.6. The Hall–Kier alpha value is -2.98. The first-order valence-corrected chi connectivity index (χ1v) is 10.9. The first-order valence-electron chi connectivity index (χ1n) is 9.39. The summed E-state index contributed by atoms with van der Waals surface area (Å²) in [7, 11) is -4.03. The third-order valence-electron chi connectivity index (χ3n) is 4.76. The van der Waals surface area contributed by atoms with Crippen molar-refractivity contribution < 1.29 is 22.9 Å². The van der Waals surface area contributed by atoms with Gasteiger partial charge in [0.25, 0.3) is 21.6 Å². The van der Waals surface area contributed by atoms with E-state index in [0.717, 1.165) is 6.07 Å². The molecule has 9 nitrogen and oxygen atoms in total. The van der Waals surface area contributed by atoms with Crippen LogP contribution in [0.5, 0.6) is 0 Å². The molecule has 0 spiro atoms. The Bertz CT molecular complexity index is 1060. The summed E-state index contributed by atoms with van der Waals surface area (Å²) < 4.78 is 33.5. The number of ether oxygens (including phenoxy) is 1. The van der Waals surface area contributed by atoms with Crippen molar-refractivity contribution in [2.45, 2.75) is 37.9 Å². The number of carbonyl (C=O) groups is 1. The Labute approximate surface area is 174 Å². The normalized spacial score (nSPS) is 19.4. The van der Waals surface area contributed by atoms with Crippen LogP contribution in [0.2, 0.25) is 0 Å². The summed E-state index contributed by atoms with van der Waals surface area (Å²) in [5, 5.41) is 11.0. The number of hydrogen-bond donors (Lipinski definition) is 1. The minimum Gasteiger partial charge on any atom is -0.372 e. The third-order valence-corrected chi connectivity index (χ3v) is 6.29. The molecule has 1 aliphatic rings. The van der Waals surface area contributed by atoms with Gasteiger partial charge in [0.2, 0.25) is 0 Å². The van der Waals surface area contributed by atoms with E-state index in [4.69, 9.17) is 4.74 Å². The van der Waals surface area contributed by atoms with Crippen LogP contribution < -0.4 is 4.72 Å². The van der Waals surface area contributed by atoms with Gasteiger partial charge in [-0.3, -0.25) is 19.6 Å². The first-order chi connectivity index (χ1) is 14.1. The molecule has 0 unspecified atom stereocenters. The predicted molar refractivity (Wildman–Crippen MR) is 111 cm³/mol. The average molecular weight is 433 g/mol. The molecule has 1 aliphatic heterocycles. The Morgan fingerprint density at radius 3 is 2.30 bits per heavy atom. The van der Waals surface area contributed by atoms with Crippen LogP contribution in [0.1, 0.15) is 29.8 Å². The number of carbonyl (C=O) groups excluding carboxylic acids is 1. The Kier molecular flexibility index (Phi) is 6.09. The second-order valence-electron chi connectivity index (χ2n) is 7.36. The monoisotopic (exact) mass is 433 g/mol. The molecule has 30 heavy (non-hydrogen) atoms. The van der Waals surface area contributed by atoms with Crippen molar-refractivity contribution in [3.63, 3.8) is 0 Å². The Morgan fingerprint density at radius 1 is 1.13 bits per heavy atom. The first kappa shape index (κ1) is 21.7. The van der Waals surface area contributed by atoms with Crippen molar-refractivity contribution in [2.24, 2.45) is 0 Å². The number of hydrogen-bond acceptors (Lipinski definition) is 6. The number of nitro benzene ring substituents is 1. The molecular formula is C20H23N3O6S. The summed E-state index contributed by atoms with van der Waals surface area (Å²) in [6.45, 7) is 6.35. The molecule has 3 rings (SSSR count). The average Bonchev–Trinajstić information content (AvgIpc) is 2.67. The van der Waals surface area contributed by atoms with Crippen LogP contribution >= 0.6 is 0 Å². The molecule has 160 valence electrons. The number of amides is 1. The summed E-state index contributed by atoms with van der Waals surface area (Å²) >= 11 is 0. The molecule has 0 bridgehead atoms. The molecular weight excluding hydrogens is 410 g/mol. The minimum atomic E-state index is -4.03. The van der Waals surface area contributed by atoms with Crippen molar-refractivity contribution >= 4 is 27.3 Å². The standard InChI is InChI=1S/C20H23N3O6S/c1-13-4-9-18(23(25)26)10-19(13)30(27,28)21-17-7-5-16(6-8-17)20(24)22-11-14(2)29-15(3)12-22/h4-10,14-15,21H,11-12H2,1-3H3/t14-,15-/m1/s1. The molecule has 0 radical (unpaired) electrons. The maximum Gasteiger partial charge on any atom is 0.270 e. The highest BCUT2D eigenvalue weighted by molar-refractivity contribution is 7.92. The second kappa shape index (κ2) is 8.41. The van der Waals surface area contributed by atoms with Crippen molar-refractivity contribution in [3.8, 4) is 0 Å². The lowest BCUT2D eigenvalue weighted by atomic mass is 10.1. The van der Waals surface area contributed by atoms with E-state index in [-0.39, 0.29) is 34.4 Å². The van der Waals surface area contributed by atoms with Gasteiger partial charge >= 0.3 is 0 Å². The maximum atomic E-state index is 12.7. The molecule has 1 fully saturated rings. The molecule has 0 aliphatic carbocycles. The number of rotatable bonds is 5. The lowest BCUT2D eigenvalue weighted by Crippen LogP contribution is -2.48. The zero-order valence-electron chi connectivity index (χ0n) is 16.9. The summed E-state index contributed by atoms with van der Waals surface area (Å²) in [6, 6.07) is 9.74. The number of sulfonamides is 1. The number of aryl methyl sites for hydroxylation is 1. The molecule has 2 aromatic rings. The van der Waals surface area contributed by atoms with Crippen LogP contribution in [0, 0.1) is 17.0 Å². The van der Waals surface area contributed by atoms with Crippen LogP contribution in [0.15, 0.2) is 47.4 Å². The number of morpholine rings is 1. The molecule has 1 heterocycles. The number of benzene rings is 2. The minimum absolute atomic E-state index is 0.0537. The SMILES string of the molecule is Cc1ccc([N+](=O)[O-])cc1S(=O)(=O)Nc1ccc(C(=O)N2C[C@@H](C)O[C@H](C)C2)cc1. The topological polar surface area (TPSA) is 119 Å². The number of non-ortho nitro benzene ring substituents is 1. The highest BCUT2D eigenvalue weighted by atomic mass is 32.2. The van der Waals surface area contributed by atoms with Crippen molar-refractivity contribution in [2.75, 3.05) is 17.8 Å². The van der Waals surface area contributed by atoms with Gasteiger partial charge in [-0.2, -0.15) is 0 Å². The molecule has 1 amide bonds.